The van der Waals surface area contributed by atoms with E-state index in [0.29, 0.717) is 17.2 Å². The minimum Gasteiger partial charge on any atom is -0.494 e. The first-order valence-electron chi connectivity index (χ1n) is 7.18. The average molecular weight is 408 g/mol. The number of hydrogen-bond acceptors (Lipinski definition) is 4. The molecule has 0 saturated heterocycles. The number of H-pyrrole nitrogens is 1. The van der Waals surface area contributed by atoms with Gasteiger partial charge < -0.3 is 9.72 Å². The van der Waals surface area contributed by atoms with Crippen molar-refractivity contribution in [1.29, 1.82) is 0 Å². The van der Waals surface area contributed by atoms with Crippen LogP contribution in [0.2, 0.25) is 0 Å². The average Bonchev–Trinajstić information content (AvgIpc) is 3.18. The number of hydrogen-bond donors (Lipinski definition) is 3. The Bertz CT molecular complexity index is 903. The highest BCUT2D eigenvalue weighted by Crippen LogP contribution is 2.22. The SMILES string of the molecule is CCOc1ccc2cc(C(=O)NNC(=O)c3ccc(Br)s3)[nH]c2c1. The summed E-state index contributed by atoms with van der Waals surface area (Å²) < 4.78 is 6.28. The molecule has 0 aliphatic carbocycles. The predicted molar refractivity (Wildman–Crippen MR) is 96.4 cm³/mol. The number of rotatable bonds is 4. The van der Waals surface area contributed by atoms with Crippen molar-refractivity contribution in [3.8, 4) is 5.75 Å². The molecule has 2 heterocycles. The number of fused-ring (bicyclic) bond motifs is 1. The molecular formula is C16H14BrN3O3S. The highest BCUT2D eigenvalue weighted by atomic mass is 79.9. The Balaban J connectivity index is 1.68. The number of aromatic amines is 1. The number of benzene rings is 1. The smallest absolute Gasteiger partial charge is 0.286 e. The van der Waals surface area contributed by atoms with Gasteiger partial charge in [-0.15, -0.1) is 11.3 Å². The van der Waals surface area contributed by atoms with E-state index in [9.17, 15) is 9.59 Å². The van der Waals surface area contributed by atoms with Gasteiger partial charge >= 0.3 is 0 Å². The van der Waals surface area contributed by atoms with Crippen LogP contribution in [0.3, 0.4) is 0 Å². The fraction of sp³-hybridized carbons (Fsp3) is 0.125. The second-order valence-corrected chi connectivity index (χ2v) is 7.34. The predicted octanol–water partition coefficient (Wildman–Crippen LogP) is 3.47. The van der Waals surface area contributed by atoms with Crippen molar-refractivity contribution in [1.82, 2.24) is 15.8 Å². The Kier molecular flexibility index (Phi) is 4.86. The van der Waals surface area contributed by atoms with E-state index in [4.69, 9.17) is 4.74 Å². The minimum absolute atomic E-state index is 0.353. The highest BCUT2D eigenvalue weighted by molar-refractivity contribution is 9.11. The number of hydrazine groups is 1. The summed E-state index contributed by atoms with van der Waals surface area (Å²) in [7, 11) is 0. The van der Waals surface area contributed by atoms with Gasteiger partial charge in [-0.3, -0.25) is 20.4 Å². The molecule has 0 aliphatic rings. The van der Waals surface area contributed by atoms with Crippen LogP contribution in [0, 0.1) is 0 Å². The van der Waals surface area contributed by atoms with E-state index in [1.54, 1.807) is 18.2 Å². The fourth-order valence-corrected chi connectivity index (χ4v) is 3.45. The number of carbonyl (C=O) groups excluding carboxylic acids is 2. The summed E-state index contributed by atoms with van der Waals surface area (Å²) in [6.45, 7) is 2.48. The number of nitrogens with one attached hydrogen (secondary N) is 3. The lowest BCUT2D eigenvalue weighted by Gasteiger charge is -2.04. The van der Waals surface area contributed by atoms with Crippen LogP contribution in [-0.2, 0) is 0 Å². The van der Waals surface area contributed by atoms with Gasteiger partial charge in [0.1, 0.15) is 11.4 Å². The van der Waals surface area contributed by atoms with E-state index in [1.165, 1.54) is 11.3 Å². The lowest BCUT2D eigenvalue weighted by Crippen LogP contribution is -2.41. The fourth-order valence-electron chi connectivity index (χ4n) is 2.16. The number of halogens is 1. The molecule has 6 nitrogen and oxygen atoms in total. The number of amides is 2. The minimum atomic E-state index is -0.423. The van der Waals surface area contributed by atoms with Crippen LogP contribution in [0.1, 0.15) is 27.1 Å². The van der Waals surface area contributed by atoms with E-state index in [2.05, 4.69) is 31.8 Å². The maximum Gasteiger partial charge on any atom is 0.286 e. The highest BCUT2D eigenvalue weighted by Gasteiger charge is 2.13. The Morgan fingerprint density at radius 2 is 1.96 bits per heavy atom. The lowest BCUT2D eigenvalue weighted by atomic mass is 10.2. The van der Waals surface area contributed by atoms with Gasteiger partial charge in [0.05, 0.1) is 15.3 Å². The van der Waals surface area contributed by atoms with Crippen molar-refractivity contribution >= 4 is 50.0 Å². The zero-order valence-corrected chi connectivity index (χ0v) is 15.1. The van der Waals surface area contributed by atoms with Crippen LogP contribution in [-0.4, -0.2) is 23.4 Å². The normalized spacial score (nSPS) is 10.6. The van der Waals surface area contributed by atoms with Crippen molar-refractivity contribution in [2.75, 3.05) is 6.61 Å². The molecule has 1 aromatic carbocycles. The number of carbonyl (C=O) groups is 2. The summed E-state index contributed by atoms with van der Waals surface area (Å²) in [5.74, 6) is -0.0580. The second-order valence-electron chi connectivity index (χ2n) is 4.88. The molecule has 0 atom stereocenters. The van der Waals surface area contributed by atoms with Crippen LogP contribution < -0.4 is 15.6 Å². The maximum absolute atomic E-state index is 12.2. The number of thiophene rings is 1. The van der Waals surface area contributed by atoms with Gasteiger partial charge in [-0.05, 0) is 53.2 Å². The zero-order chi connectivity index (χ0) is 17.1. The standard InChI is InChI=1S/C16H14BrN3O3S/c1-2-23-10-4-3-9-7-12(18-11(9)8-10)15(21)19-20-16(22)13-5-6-14(17)24-13/h3-8,18H,2H2,1H3,(H,19,21)(H,20,22). The molecule has 0 fully saturated rings. The molecule has 0 spiro atoms. The van der Waals surface area contributed by atoms with Gasteiger partial charge in [-0.1, -0.05) is 0 Å². The molecule has 8 heteroatoms. The van der Waals surface area contributed by atoms with Crippen LogP contribution in [0.5, 0.6) is 5.75 Å². The quantitative estimate of drug-likeness (QED) is 0.579. The third-order valence-corrected chi connectivity index (χ3v) is 4.86. The number of ether oxygens (including phenoxy) is 1. The molecule has 0 radical (unpaired) electrons. The molecule has 2 amide bonds. The van der Waals surface area contributed by atoms with Crippen molar-refractivity contribution in [2.45, 2.75) is 6.92 Å². The van der Waals surface area contributed by atoms with Crippen molar-refractivity contribution in [3.63, 3.8) is 0 Å². The molecule has 0 bridgehead atoms. The van der Waals surface area contributed by atoms with E-state index < -0.39 is 5.91 Å². The van der Waals surface area contributed by atoms with Gasteiger partial charge in [0.15, 0.2) is 0 Å². The Labute approximate surface area is 150 Å². The monoisotopic (exact) mass is 407 g/mol. The summed E-state index contributed by atoms with van der Waals surface area (Å²) >= 11 is 4.57. The summed E-state index contributed by atoms with van der Waals surface area (Å²) in [6, 6.07) is 10.7. The molecule has 2 aromatic heterocycles. The molecule has 3 N–H and O–H groups in total. The van der Waals surface area contributed by atoms with Crippen molar-refractivity contribution < 1.29 is 14.3 Å². The first kappa shape index (κ1) is 16.5. The molecule has 0 unspecified atom stereocenters. The van der Waals surface area contributed by atoms with E-state index in [-0.39, 0.29) is 5.91 Å². The summed E-state index contributed by atoms with van der Waals surface area (Å²) in [6.07, 6.45) is 0. The van der Waals surface area contributed by atoms with E-state index in [1.807, 2.05) is 25.1 Å². The third kappa shape index (κ3) is 3.60. The zero-order valence-electron chi connectivity index (χ0n) is 12.7. The van der Waals surface area contributed by atoms with Crippen LogP contribution in [0.4, 0.5) is 0 Å². The Morgan fingerprint density at radius 3 is 2.67 bits per heavy atom. The molecule has 3 rings (SSSR count). The summed E-state index contributed by atoms with van der Waals surface area (Å²) in [5, 5.41) is 0.886. The summed E-state index contributed by atoms with van der Waals surface area (Å²) in [4.78, 5) is 27.6. The van der Waals surface area contributed by atoms with Crippen LogP contribution in [0.25, 0.3) is 10.9 Å². The molecule has 124 valence electrons. The summed E-state index contributed by atoms with van der Waals surface area (Å²) in [5.41, 5.74) is 5.93. The van der Waals surface area contributed by atoms with Gasteiger partial charge in [-0.2, -0.15) is 0 Å². The van der Waals surface area contributed by atoms with Crippen molar-refractivity contribution in [3.05, 3.63) is 50.8 Å². The second kappa shape index (κ2) is 7.06. The third-order valence-electron chi connectivity index (χ3n) is 3.24. The van der Waals surface area contributed by atoms with Gasteiger partial charge in [0.25, 0.3) is 11.8 Å². The van der Waals surface area contributed by atoms with Gasteiger partial charge in [0.2, 0.25) is 0 Å². The molecule has 24 heavy (non-hydrogen) atoms. The van der Waals surface area contributed by atoms with Gasteiger partial charge in [0, 0.05) is 17.0 Å². The first-order valence-corrected chi connectivity index (χ1v) is 8.79. The van der Waals surface area contributed by atoms with Crippen LogP contribution >= 0.6 is 27.3 Å². The molecule has 0 saturated carbocycles. The molecule has 3 aromatic rings. The Hall–Kier alpha value is -2.32. The van der Waals surface area contributed by atoms with E-state index >= 15 is 0 Å². The first-order chi connectivity index (χ1) is 11.6. The van der Waals surface area contributed by atoms with E-state index in [0.717, 1.165) is 20.4 Å². The van der Waals surface area contributed by atoms with Crippen LogP contribution in [0.15, 0.2) is 40.2 Å². The topological polar surface area (TPSA) is 83.2 Å². The largest absolute Gasteiger partial charge is 0.494 e. The van der Waals surface area contributed by atoms with Crippen molar-refractivity contribution in [2.24, 2.45) is 0 Å². The van der Waals surface area contributed by atoms with Gasteiger partial charge in [-0.25, -0.2) is 0 Å². The maximum atomic E-state index is 12.2. The molecular weight excluding hydrogens is 394 g/mol. The Morgan fingerprint density at radius 1 is 1.17 bits per heavy atom. The lowest BCUT2D eigenvalue weighted by molar-refractivity contribution is 0.0846. The number of aromatic nitrogens is 1. The molecule has 0 aliphatic heterocycles.